The van der Waals surface area contributed by atoms with Crippen LogP contribution in [-0.2, 0) is 0 Å². The molecular formula is C15H20N6. The van der Waals surface area contributed by atoms with Gasteiger partial charge in [0.05, 0.1) is 5.69 Å². The number of anilines is 2. The zero-order valence-corrected chi connectivity index (χ0v) is 12.7. The lowest BCUT2D eigenvalue weighted by molar-refractivity contribution is 0.733. The highest BCUT2D eigenvalue weighted by molar-refractivity contribution is 5.43. The number of aromatic nitrogens is 4. The molecule has 0 radical (unpaired) electrons. The van der Waals surface area contributed by atoms with Gasteiger partial charge in [-0.15, -0.1) is 0 Å². The molecule has 0 amide bonds. The highest BCUT2D eigenvalue weighted by atomic mass is 15.2. The van der Waals surface area contributed by atoms with Crippen LogP contribution in [-0.4, -0.2) is 40.1 Å². The van der Waals surface area contributed by atoms with E-state index in [0.29, 0.717) is 5.92 Å². The molecule has 1 saturated heterocycles. The van der Waals surface area contributed by atoms with Crippen molar-refractivity contribution < 1.29 is 0 Å². The molecule has 1 fully saturated rings. The van der Waals surface area contributed by atoms with Crippen molar-refractivity contribution in [2.75, 3.05) is 30.4 Å². The van der Waals surface area contributed by atoms with E-state index in [9.17, 15) is 0 Å². The zero-order chi connectivity index (χ0) is 14.8. The maximum Gasteiger partial charge on any atom is 0.132 e. The summed E-state index contributed by atoms with van der Waals surface area (Å²) in [6.07, 6.45) is 2.72. The summed E-state index contributed by atoms with van der Waals surface area (Å²) in [6.45, 7) is 5.87. The first-order valence-corrected chi connectivity index (χ1v) is 7.22. The van der Waals surface area contributed by atoms with E-state index in [4.69, 9.17) is 0 Å². The van der Waals surface area contributed by atoms with E-state index < -0.39 is 0 Å². The van der Waals surface area contributed by atoms with Crippen LogP contribution in [0, 0.1) is 13.8 Å². The van der Waals surface area contributed by atoms with E-state index >= 15 is 0 Å². The predicted molar refractivity (Wildman–Crippen MR) is 82.7 cm³/mol. The predicted octanol–water partition coefficient (Wildman–Crippen LogP) is 1.92. The molecule has 1 aliphatic rings. The molecule has 0 saturated carbocycles. The van der Waals surface area contributed by atoms with Gasteiger partial charge in [0.2, 0.25) is 0 Å². The van der Waals surface area contributed by atoms with Gasteiger partial charge in [-0.1, -0.05) is 0 Å². The van der Waals surface area contributed by atoms with E-state index in [1.54, 1.807) is 6.33 Å². The lowest BCUT2D eigenvalue weighted by Gasteiger charge is -2.17. The Morgan fingerprint density at radius 1 is 1.19 bits per heavy atom. The number of rotatable bonds is 3. The zero-order valence-electron chi connectivity index (χ0n) is 12.7. The minimum Gasteiger partial charge on any atom is -0.373 e. The Kier molecular flexibility index (Phi) is 3.68. The van der Waals surface area contributed by atoms with Crippen molar-refractivity contribution >= 4 is 11.6 Å². The molecule has 110 valence electrons. The van der Waals surface area contributed by atoms with Gasteiger partial charge in [-0.2, -0.15) is 0 Å². The second-order valence-electron chi connectivity index (χ2n) is 5.42. The molecule has 0 unspecified atom stereocenters. The van der Waals surface area contributed by atoms with Crippen LogP contribution in [0.25, 0.3) is 0 Å². The quantitative estimate of drug-likeness (QED) is 0.929. The van der Waals surface area contributed by atoms with Crippen molar-refractivity contribution in [1.82, 2.24) is 19.9 Å². The third-order valence-electron chi connectivity index (χ3n) is 3.83. The Morgan fingerprint density at radius 2 is 2.05 bits per heavy atom. The Bertz CT molecular complexity index is 642. The van der Waals surface area contributed by atoms with Gasteiger partial charge in [0.15, 0.2) is 0 Å². The summed E-state index contributed by atoms with van der Waals surface area (Å²) in [5.74, 6) is 3.13. The molecule has 2 aromatic heterocycles. The summed E-state index contributed by atoms with van der Waals surface area (Å²) in [7, 11) is 1.89. The fourth-order valence-electron chi connectivity index (χ4n) is 2.75. The molecule has 1 atom stereocenters. The van der Waals surface area contributed by atoms with Crippen LogP contribution in [0.4, 0.5) is 11.6 Å². The van der Waals surface area contributed by atoms with Crippen LogP contribution in [0.15, 0.2) is 18.5 Å². The van der Waals surface area contributed by atoms with E-state index in [-0.39, 0.29) is 0 Å². The van der Waals surface area contributed by atoms with Crippen molar-refractivity contribution in [3.05, 3.63) is 35.7 Å². The summed E-state index contributed by atoms with van der Waals surface area (Å²) in [5, 5.41) is 3.10. The monoisotopic (exact) mass is 284 g/mol. The van der Waals surface area contributed by atoms with Gasteiger partial charge in [-0.05, 0) is 20.3 Å². The van der Waals surface area contributed by atoms with Crippen LogP contribution in [0.5, 0.6) is 0 Å². The molecule has 21 heavy (non-hydrogen) atoms. The number of hydrogen-bond donors (Lipinski definition) is 1. The van der Waals surface area contributed by atoms with Crippen LogP contribution >= 0.6 is 0 Å². The molecule has 1 N–H and O–H groups in total. The first kappa shape index (κ1) is 13.7. The van der Waals surface area contributed by atoms with Crippen molar-refractivity contribution in [2.24, 2.45) is 0 Å². The fraction of sp³-hybridized carbons (Fsp3) is 0.467. The minimum absolute atomic E-state index is 0.425. The van der Waals surface area contributed by atoms with E-state index in [1.807, 2.05) is 33.0 Å². The van der Waals surface area contributed by atoms with Gasteiger partial charge in [-0.3, -0.25) is 0 Å². The Labute approximate surface area is 124 Å². The third-order valence-corrected chi connectivity index (χ3v) is 3.83. The fourth-order valence-corrected chi connectivity index (χ4v) is 2.75. The highest BCUT2D eigenvalue weighted by Crippen LogP contribution is 2.29. The molecule has 3 rings (SSSR count). The average Bonchev–Trinajstić information content (AvgIpc) is 2.96. The lowest BCUT2D eigenvalue weighted by Crippen LogP contribution is -2.21. The van der Waals surface area contributed by atoms with Crippen molar-refractivity contribution in [3.63, 3.8) is 0 Å². The van der Waals surface area contributed by atoms with Crippen LogP contribution < -0.4 is 10.2 Å². The van der Waals surface area contributed by atoms with Gasteiger partial charge in [0.1, 0.15) is 23.8 Å². The smallest absolute Gasteiger partial charge is 0.132 e. The highest BCUT2D eigenvalue weighted by Gasteiger charge is 2.26. The molecule has 0 aromatic carbocycles. The normalized spacial score (nSPS) is 18.0. The van der Waals surface area contributed by atoms with E-state index in [1.165, 1.54) is 0 Å². The van der Waals surface area contributed by atoms with Gasteiger partial charge >= 0.3 is 0 Å². The third kappa shape index (κ3) is 2.94. The van der Waals surface area contributed by atoms with Crippen LogP contribution in [0.3, 0.4) is 0 Å². The van der Waals surface area contributed by atoms with Gasteiger partial charge < -0.3 is 10.2 Å². The van der Waals surface area contributed by atoms with E-state index in [0.717, 1.165) is 48.4 Å². The summed E-state index contributed by atoms with van der Waals surface area (Å²) in [5.41, 5.74) is 2.11. The average molecular weight is 284 g/mol. The van der Waals surface area contributed by atoms with Crippen LogP contribution in [0.2, 0.25) is 0 Å². The maximum absolute atomic E-state index is 4.60. The number of nitrogens with zero attached hydrogens (tertiary/aromatic N) is 5. The molecule has 0 bridgehead atoms. The van der Waals surface area contributed by atoms with Crippen molar-refractivity contribution in [3.8, 4) is 0 Å². The lowest BCUT2D eigenvalue weighted by atomic mass is 10.0. The number of nitrogens with one attached hydrogen (secondary N) is 1. The molecule has 3 heterocycles. The van der Waals surface area contributed by atoms with Crippen molar-refractivity contribution in [2.45, 2.75) is 26.2 Å². The molecule has 0 aliphatic carbocycles. The summed E-state index contributed by atoms with van der Waals surface area (Å²) < 4.78 is 0. The second-order valence-corrected chi connectivity index (χ2v) is 5.42. The van der Waals surface area contributed by atoms with Gasteiger partial charge in [0.25, 0.3) is 0 Å². The first-order valence-electron chi connectivity index (χ1n) is 7.22. The molecule has 6 nitrogen and oxygen atoms in total. The SMILES string of the molecule is CNc1cc([C@@H]2CCN(c3cc(C)ncn3)C2)nc(C)n1. The van der Waals surface area contributed by atoms with Gasteiger partial charge in [0, 0.05) is 43.9 Å². The molecule has 0 spiro atoms. The van der Waals surface area contributed by atoms with Gasteiger partial charge in [-0.25, -0.2) is 19.9 Å². The molecule has 6 heteroatoms. The topological polar surface area (TPSA) is 66.8 Å². The minimum atomic E-state index is 0.425. The maximum atomic E-state index is 4.60. The second kappa shape index (κ2) is 5.63. The first-order chi connectivity index (χ1) is 10.2. The summed E-state index contributed by atoms with van der Waals surface area (Å²) >= 11 is 0. The summed E-state index contributed by atoms with van der Waals surface area (Å²) in [4.78, 5) is 19.8. The Morgan fingerprint density at radius 3 is 2.81 bits per heavy atom. The van der Waals surface area contributed by atoms with Crippen molar-refractivity contribution in [1.29, 1.82) is 0 Å². The summed E-state index contributed by atoms with van der Waals surface area (Å²) in [6, 6.07) is 4.08. The molecule has 2 aromatic rings. The van der Waals surface area contributed by atoms with E-state index in [2.05, 4.69) is 30.2 Å². The largest absolute Gasteiger partial charge is 0.373 e. The number of hydrogen-bond acceptors (Lipinski definition) is 6. The number of aryl methyl sites for hydroxylation is 2. The molecular weight excluding hydrogens is 264 g/mol. The Balaban J connectivity index is 1.79. The Hall–Kier alpha value is -2.24. The standard InChI is InChI=1S/C15H20N6/c1-10-6-15(18-9-17-10)21-5-4-12(8-21)13-7-14(16-3)20-11(2)19-13/h6-7,9,12H,4-5,8H2,1-3H3,(H,16,19,20)/t12-/m1/s1. The molecule has 1 aliphatic heterocycles. The van der Waals surface area contributed by atoms with Crippen LogP contribution in [0.1, 0.15) is 29.6 Å².